The Morgan fingerprint density at radius 3 is 2.95 bits per heavy atom. The van der Waals surface area contributed by atoms with Gasteiger partial charge < -0.3 is 15.0 Å². The molecule has 4 nitrogen and oxygen atoms in total. The van der Waals surface area contributed by atoms with E-state index in [0.717, 1.165) is 25.9 Å². The van der Waals surface area contributed by atoms with Crippen molar-refractivity contribution in [2.24, 2.45) is 0 Å². The fraction of sp³-hybridized carbons (Fsp3) is 0.588. The molecule has 0 aromatic heterocycles. The average Bonchev–Trinajstić information content (AvgIpc) is 2.79. The first kappa shape index (κ1) is 14.4. The fourth-order valence-corrected chi connectivity index (χ4v) is 3.65. The summed E-state index contributed by atoms with van der Waals surface area (Å²) < 4.78 is 5.35. The number of para-hydroxylation sites is 1. The standard InChI is InChI=1S/C17H24N2O2/c1-21-16-10-3-2-7-13(16)17(20)19-12-6-8-14-15(19)9-4-5-11-18-14/h2-3,7,10,14-15,18H,4-6,8-9,11-12H2,1H3/t14-,15+/m1/s1. The van der Waals surface area contributed by atoms with Gasteiger partial charge in [0.25, 0.3) is 5.91 Å². The van der Waals surface area contributed by atoms with Gasteiger partial charge in [-0.2, -0.15) is 0 Å². The number of carbonyl (C=O) groups is 1. The fourth-order valence-electron chi connectivity index (χ4n) is 3.65. The highest BCUT2D eigenvalue weighted by molar-refractivity contribution is 5.97. The van der Waals surface area contributed by atoms with Gasteiger partial charge in [-0.25, -0.2) is 0 Å². The van der Waals surface area contributed by atoms with E-state index in [1.165, 1.54) is 19.3 Å². The number of nitrogens with zero attached hydrogens (tertiary/aromatic N) is 1. The first-order chi connectivity index (χ1) is 10.3. The Hall–Kier alpha value is -1.55. The van der Waals surface area contributed by atoms with E-state index >= 15 is 0 Å². The molecule has 0 aliphatic carbocycles. The van der Waals surface area contributed by atoms with Crippen LogP contribution in [0.3, 0.4) is 0 Å². The number of ether oxygens (including phenoxy) is 1. The number of piperidine rings is 1. The molecule has 1 aromatic rings. The Morgan fingerprint density at radius 2 is 2.10 bits per heavy atom. The van der Waals surface area contributed by atoms with Gasteiger partial charge >= 0.3 is 0 Å². The second kappa shape index (κ2) is 6.48. The van der Waals surface area contributed by atoms with E-state index in [-0.39, 0.29) is 5.91 Å². The molecule has 0 spiro atoms. The maximum Gasteiger partial charge on any atom is 0.257 e. The first-order valence-electron chi connectivity index (χ1n) is 7.98. The lowest BCUT2D eigenvalue weighted by atomic mass is 9.92. The second-order valence-electron chi connectivity index (χ2n) is 5.96. The van der Waals surface area contributed by atoms with Gasteiger partial charge in [0.1, 0.15) is 5.75 Å². The van der Waals surface area contributed by atoms with Crippen molar-refractivity contribution in [1.82, 2.24) is 10.2 Å². The largest absolute Gasteiger partial charge is 0.496 e. The molecule has 21 heavy (non-hydrogen) atoms. The van der Waals surface area contributed by atoms with Gasteiger partial charge in [-0.1, -0.05) is 18.6 Å². The minimum atomic E-state index is 0.117. The second-order valence-corrected chi connectivity index (χ2v) is 5.96. The molecule has 0 bridgehead atoms. The average molecular weight is 288 g/mol. The summed E-state index contributed by atoms with van der Waals surface area (Å²) in [5.74, 6) is 0.789. The van der Waals surface area contributed by atoms with E-state index in [1.807, 2.05) is 24.3 Å². The van der Waals surface area contributed by atoms with E-state index in [4.69, 9.17) is 4.74 Å². The molecule has 4 heteroatoms. The molecule has 1 aromatic carbocycles. The van der Waals surface area contributed by atoms with Crippen LogP contribution >= 0.6 is 0 Å². The summed E-state index contributed by atoms with van der Waals surface area (Å²) in [7, 11) is 1.62. The molecule has 2 atom stereocenters. The van der Waals surface area contributed by atoms with Crippen LogP contribution in [0.1, 0.15) is 42.5 Å². The molecule has 2 aliphatic rings. The van der Waals surface area contributed by atoms with Crippen LogP contribution in [0.15, 0.2) is 24.3 Å². The molecule has 1 amide bonds. The Morgan fingerprint density at radius 1 is 1.24 bits per heavy atom. The molecular formula is C17H24N2O2. The summed E-state index contributed by atoms with van der Waals surface area (Å²) in [4.78, 5) is 15.0. The molecule has 0 saturated carbocycles. The molecule has 2 aliphatic heterocycles. The number of nitrogens with one attached hydrogen (secondary N) is 1. The van der Waals surface area contributed by atoms with E-state index in [2.05, 4.69) is 10.2 Å². The summed E-state index contributed by atoms with van der Waals surface area (Å²) in [6.07, 6.45) is 5.78. The predicted molar refractivity (Wildman–Crippen MR) is 82.7 cm³/mol. The van der Waals surface area contributed by atoms with E-state index in [1.54, 1.807) is 7.11 Å². The number of carbonyl (C=O) groups excluding carboxylic acids is 1. The third-order valence-electron chi connectivity index (χ3n) is 4.71. The zero-order valence-corrected chi connectivity index (χ0v) is 12.7. The van der Waals surface area contributed by atoms with Gasteiger partial charge in [0.05, 0.1) is 12.7 Å². The van der Waals surface area contributed by atoms with E-state index < -0.39 is 0 Å². The SMILES string of the molecule is COc1ccccc1C(=O)N1CCC[C@H]2NCCCC[C@@H]21. The van der Waals surface area contributed by atoms with E-state index in [9.17, 15) is 4.79 Å². The summed E-state index contributed by atoms with van der Waals surface area (Å²) in [5, 5.41) is 3.62. The number of methoxy groups -OCH3 is 1. The van der Waals surface area contributed by atoms with Gasteiger partial charge in [-0.05, 0) is 44.4 Å². The molecule has 2 saturated heterocycles. The zero-order valence-electron chi connectivity index (χ0n) is 12.7. The quantitative estimate of drug-likeness (QED) is 0.909. The molecule has 0 unspecified atom stereocenters. The first-order valence-corrected chi connectivity index (χ1v) is 7.98. The highest BCUT2D eigenvalue weighted by Gasteiger charge is 2.35. The lowest BCUT2D eigenvalue weighted by Gasteiger charge is -2.41. The highest BCUT2D eigenvalue weighted by Crippen LogP contribution is 2.28. The number of likely N-dealkylation sites (tertiary alicyclic amines) is 1. The Labute approximate surface area is 126 Å². The minimum absolute atomic E-state index is 0.117. The molecule has 2 heterocycles. The van der Waals surface area contributed by atoms with Crippen molar-refractivity contribution in [2.45, 2.75) is 44.2 Å². The van der Waals surface area contributed by atoms with Crippen molar-refractivity contribution in [3.05, 3.63) is 29.8 Å². The zero-order chi connectivity index (χ0) is 14.7. The van der Waals surface area contributed by atoms with Crippen LogP contribution < -0.4 is 10.1 Å². The van der Waals surface area contributed by atoms with Crippen LogP contribution in [0.2, 0.25) is 0 Å². The van der Waals surface area contributed by atoms with Crippen molar-refractivity contribution in [1.29, 1.82) is 0 Å². The van der Waals surface area contributed by atoms with Crippen LogP contribution in [0.5, 0.6) is 5.75 Å². The highest BCUT2D eigenvalue weighted by atomic mass is 16.5. The van der Waals surface area contributed by atoms with Crippen molar-refractivity contribution in [3.8, 4) is 5.75 Å². The van der Waals surface area contributed by atoms with Crippen LogP contribution in [-0.4, -0.2) is 43.1 Å². The van der Waals surface area contributed by atoms with Gasteiger partial charge in [-0.15, -0.1) is 0 Å². The molecule has 3 rings (SSSR count). The summed E-state index contributed by atoms with van der Waals surface area (Å²) in [6, 6.07) is 8.33. The van der Waals surface area contributed by atoms with Crippen LogP contribution in [-0.2, 0) is 0 Å². The number of hydrogen-bond donors (Lipinski definition) is 1. The number of hydrogen-bond acceptors (Lipinski definition) is 3. The molecule has 0 radical (unpaired) electrons. The Bertz CT molecular complexity index is 503. The number of benzene rings is 1. The monoisotopic (exact) mass is 288 g/mol. The molecule has 1 N–H and O–H groups in total. The Balaban J connectivity index is 1.85. The van der Waals surface area contributed by atoms with Crippen molar-refractivity contribution in [3.63, 3.8) is 0 Å². The van der Waals surface area contributed by atoms with E-state index in [0.29, 0.717) is 23.4 Å². The maximum absolute atomic E-state index is 13.0. The van der Waals surface area contributed by atoms with Gasteiger partial charge in [0.2, 0.25) is 0 Å². The summed E-state index contributed by atoms with van der Waals surface area (Å²) in [6.45, 7) is 1.94. The van der Waals surface area contributed by atoms with Gasteiger partial charge in [0, 0.05) is 18.6 Å². The minimum Gasteiger partial charge on any atom is -0.496 e. The molecular weight excluding hydrogens is 264 g/mol. The number of amides is 1. The van der Waals surface area contributed by atoms with Crippen molar-refractivity contribution >= 4 is 5.91 Å². The molecule has 114 valence electrons. The molecule has 2 fully saturated rings. The third kappa shape index (κ3) is 2.91. The van der Waals surface area contributed by atoms with Crippen LogP contribution in [0, 0.1) is 0 Å². The number of rotatable bonds is 2. The third-order valence-corrected chi connectivity index (χ3v) is 4.71. The lowest BCUT2D eigenvalue weighted by Crippen LogP contribution is -2.55. The number of fused-ring (bicyclic) bond motifs is 1. The predicted octanol–water partition coefficient (Wildman–Crippen LogP) is 2.44. The van der Waals surface area contributed by atoms with Crippen LogP contribution in [0.25, 0.3) is 0 Å². The van der Waals surface area contributed by atoms with Gasteiger partial charge in [-0.3, -0.25) is 4.79 Å². The van der Waals surface area contributed by atoms with Crippen molar-refractivity contribution < 1.29 is 9.53 Å². The normalized spacial score (nSPS) is 25.9. The lowest BCUT2D eigenvalue weighted by molar-refractivity contribution is 0.0543. The summed E-state index contributed by atoms with van der Waals surface area (Å²) >= 11 is 0. The summed E-state index contributed by atoms with van der Waals surface area (Å²) in [5.41, 5.74) is 0.685. The Kier molecular flexibility index (Phi) is 4.44. The topological polar surface area (TPSA) is 41.6 Å². The maximum atomic E-state index is 13.0. The van der Waals surface area contributed by atoms with Crippen LogP contribution in [0.4, 0.5) is 0 Å². The van der Waals surface area contributed by atoms with Gasteiger partial charge in [0.15, 0.2) is 0 Å². The van der Waals surface area contributed by atoms with Crippen molar-refractivity contribution in [2.75, 3.05) is 20.2 Å². The smallest absolute Gasteiger partial charge is 0.257 e.